The number of anilines is 1. The van der Waals surface area contributed by atoms with Crippen LogP contribution in [0.15, 0.2) is 27.4 Å². The summed E-state index contributed by atoms with van der Waals surface area (Å²) in [5.74, 6) is 0.901. The second kappa shape index (κ2) is 4.74. The number of rotatable bonds is 4. The van der Waals surface area contributed by atoms with Crippen molar-refractivity contribution in [2.24, 2.45) is 7.05 Å². The van der Waals surface area contributed by atoms with Crippen LogP contribution in [0.4, 0.5) is 5.69 Å². The molecule has 0 atom stereocenters. The van der Waals surface area contributed by atoms with Gasteiger partial charge in [0.25, 0.3) is 0 Å². The Morgan fingerprint density at radius 1 is 1.50 bits per heavy atom. The summed E-state index contributed by atoms with van der Waals surface area (Å²) < 4.78 is 7.99. The third-order valence-corrected chi connectivity index (χ3v) is 2.75. The summed E-state index contributed by atoms with van der Waals surface area (Å²) in [6.45, 7) is 2.77. The average Bonchev–Trinajstić information content (AvgIpc) is 2.81. The van der Waals surface area contributed by atoms with Gasteiger partial charge in [-0.15, -0.1) is 0 Å². The van der Waals surface area contributed by atoms with Gasteiger partial charge < -0.3 is 9.73 Å². The quantitative estimate of drug-likeness (QED) is 0.938. The molecule has 0 fully saturated rings. The van der Waals surface area contributed by atoms with Gasteiger partial charge in [-0.2, -0.15) is 5.10 Å². The van der Waals surface area contributed by atoms with Crippen molar-refractivity contribution in [1.29, 1.82) is 0 Å². The molecule has 5 heteroatoms. The van der Waals surface area contributed by atoms with E-state index in [2.05, 4.69) is 33.3 Å². The lowest BCUT2D eigenvalue weighted by Gasteiger charge is -2.02. The maximum atomic E-state index is 5.41. The van der Waals surface area contributed by atoms with Crippen molar-refractivity contribution in [3.05, 3.63) is 34.5 Å². The predicted octanol–water partition coefficient (Wildman–Crippen LogP) is 2.95. The Balaban J connectivity index is 2.04. The zero-order valence-corrected chi connectivity index (χ0v) is 10.9. The lowest BCUT2D eigenvalue weighted by molar-refractivity contribution is 0.495. The summed E-state index contributed by atoms with van der Waals surface area (Å²) >= 11 is 3.28. The van der Waals surface area contributed by atoms with Crippen LogP contribution >= 0.6 is 15.9 Å². The molecule has 86 valence electrons. The molecule has 0 amide bonds. The SMILES string of the molecule is CCc1nn(C)cc1NCc1ccc(Br)o1. The molecule has 0 spiro atoms. The van der Waals surface area contributed by atoms with Crippen LogP contribution in [-0.2, 0) is 20.0 Å². The van der Waals surface area contributed by atoms with Gasteiger partial charge in [-0.25, -0.2) is 0 Å². The van der Waals surface area contributed by atoms with E-state index in [0.717, 1.165) is 28.2 Å². The maximum absolute atomic E-state index is 5.41. The summed E-state index contributed by atoms with van der Waals surface area (Å²) in [5.41, 5.74) is 2.14. The van der Waals surface area contributed by atoms with Crippen molar-refractivity contribution in [2.75, 3.05) is 5.32 Å². The van der Waals surface area contributed by atoms with Gasteiger partial charge >= 0.3 is 0 Å². The summed E-state index contributed by atoms with van der Waals surface area (Å²) in [5, 5.41) is 7.68. The minimum absolute atomic E-state index is 0.671. The zero-order valence-electron chi connectivity index (χ0n) is 9.33. The van der Waals surface area contributed by atoms with Crippen LogP contribution in [0, 0.1) is 0 Å². The topological polar surface area (TPSA) is 43.0 Å². The van der Waals surface area contributed by atoms with Crippen LogP contribution in [0.5, 0.6) is 0 Å². The Bertz CT molecular complexity index is 475. The van der Waals surface area contributed by atoms with Gasteiger partial charge in [-0.1, -0.05) is 6.92 Å². The van der Waals surface area contributed by atoms with E-state index in [-0.39, 0.29) is 0 Å². The van der Waals surface area contributed by atoms with E-state index in [4.69, 9.17) is 4.42 Å². The van der Waals surface area contributed by atoms with E-state index >= 15 is 0 Å². The monoisotopic (exact) mass is 283 g/mol. The van der Waals surface area contributed by atoms with Crippen LogP contribution in [0.2, 0.25) is 0 Å². The fourth-order valence-corrected chi connectivity index (χ4v) is 1.91. The van der Waals surface area contributed by atoms with Crippen LogP contribution in [-0.4, -0.2) is 9.78 Å². The van der Waals surface area contributed by atoms with Gasteiger partial charge in [-0.05, 0) is 34.5 Å². The van der Waals surface area contributed by atoms with Crippen LogP contribution in [0.1, 0.15) is 18.4 Å². The minimum atomic E-state index is 0.671. The molecule has 0 aliphatic rings. The van der Waals surface area contributed by atoms with Gasteiger partial charge in [0.15, 0.2) is 4.67 Å². The van der Waals surface area contributed by atoms with Gasteiger partial charge in [0.1, 0.15) is 5.76 Å². The molecule has 0 unspecified atom stereocenters. The van der Waals surface area contributed by atoms with Crippen molar-refractivity contribution in [1.82, 2.24) is 9.78 Å². The highest BCUT2D eigenvalue weighted by atomic mass is 79.9. The first-order chi connectivity index (χ1) is 7.69. The lowest BCUT2D eigenvalue weighted by atomic mass is 10.3. The summed E-state index contributed by atoms with van der Waals surface area (Å²) in [7, 11) is 1.92. The molecule has 2 rings (SSSR count). The molecule has 4 nitrogen and oxygen atoms in total. The van der Waals surface area contributed by atoms with E-state index in [1.54, 1.807) is 0 Å². The van der Waals surface area contributed by atoms with Crippen molar-refractivity contribution in [3.63, 3.8) is 0 Å². The molecule has 16 heavy (non-hydrogen) atoms. The number of halogens is 1. The number of furan rings is 1. The molecule has 1 N–H and O–H groups in total. The van der Waals surface area contributed by atoms with Gasteiger partial charge in [0, 0.05) is 13.2 Å². The first-order valence-electron chi connectivity index (χ1n) is 5.19. The number of nitrogens with one attached hydrogen (secondary N) is 1. The molecule has 0 aliphatic heterocycles. The molecule has 0 aromatic carbocycles. The molecule has 0 bridgehead atoms. The standard InChI is InChI=1S/C11H14BrN3O/c1-3-9-10(7-15(2)14-9)13-6-8-4-5-11(12)16-8/h4-5,7,13H,3,6H2,1-2H3. The fourth-order valence-electron chi connectivity index (χ4n) is 1.57. The number of hydrogen-bond donors (Lipinski definition) is 1. The highest BCUT2D eigenvalue weighted by Gasteiger charge is 2.06. The van der Waals surface area contributed by atoms with Crippen molar-refractivity contribution in [3.8, 4) is 0 Å². The average molecular weight is 284 g/mol. The van der Waals surface area contributed by atoms with E-state index in [1.807, 2.05) is 30.1 Å². The maximum Gasteiger partial charge on any atom is 0.169 e. The Kier molecular flexibility index (Phi) is 3.33. The number of hydrogen-bond acceptors (Lipinski definition) is 3. The summed E-state index contributed by atoms with van der Waals surface area (Å²) in [6, 6.07) is 3.83. The largest absolute Gasteiger partial charge is 0.452 e. The minimum Gasteiger partial charge on any atom is -0.452 e. The number of aromatic nitrogens is 2. The Labute approximate surface area is 103 Å². The summed E-state index contributed by atoms with van der Waals surface area (Å²) in [6.07, 6.45) is 2.90. The van der Waals surface area contributed by atoms with Crippen molar-refractivity contribution >= 4 is 21.6 Å². The predicted molar refractivity (Wildman–Crippen MR) is 66.3 cm³/mol. The smallest absolute Gasteiger partial charge is 0.169 e. The normalized spacial score (nSPS) is 10.7. The molecule has 0 radical (unpaired) electrons. The van der Waals surface area contributed by atoms with E-state index < -0.39 is 0 Å². The molecule has 0 saturated heterocycles. The Hall–Kier alpha value is -1.23. The Morgan fingerprint density at radius 2 is 2.31 bits per heavy atom. The molecule has 2 aromatic heterocycles. The van der Waals surface area contributed by atoms with Crippen LogP contribution in [0.3, 0.4) is 0 Å². The van der Waals surface area contributed by atoms with Crippen molar-refractivity contribution < 1.29 is 4.42 Å². The van der Waals surface area contributed by atoms with Gasteiger partial charge in [0.2, 0.25) is 0 Å². The van der Waals surface area contributed by atoms with Gasteiger partial charge in [-0.3, -0.25) is 4.68 Å². The number of nitrogens with zero attached hydrogens (tertiary/aromatic N) is 2. The molecule has 2 aromatic rings. The molecule has 0 aliphatic carbocycles. The molecule has 0 saturated carbocycles. The van der Waals surface area contributed by atoms with Crippen LogP contribution in [0.25, 0.3) is 0 Å². The lowest BCUT2D eigenvalue weighted by Crippen LogP contribution is -1.99. The van der Waals surface area contributed by atoms with E-state index in [0.29, 0.717) is 6.54 Å². The van der Waals surface area contributed by atoms with E-state index in [9.17, 15) is 0 Å². The number of aryl methyl sites for hydroxylation is 2. The molecular formula is C11H14BrN3O. The highest BCUT2D eigenvalue weighted by Crippen LogP contribution is 2.18. The zero-order chi connectivity index (χ0) is 11.5. The third-order valence-electron chi connectivity index (χ3n) is 2.32. The first-order valence-corrected chi connectivity index (χ1v) is 5.99. The highest BCUT2D eigenvalue weighted by molar-refractivity contribution is 9.10. The van der Waals surface area contributed by atoms with Gasteiger partial charge in [0.05, 0.1) is 17.9 Å². The Morgan fingerprint density at radius 3 is 2.94 bits per heavy atom. The molecule has 2 heterocycles. The van der Waals surface area contributed by atoms with Crippen molar-refractivity contribution in [2.45, 2.75) is 19.9 Å². The second-order valence-electron chi connectivity index (χ2n) is 3.58. The fraction of sp³-hybridized carbons (Fsp3) is 0.364. The van der Waals surface area contributed by atoms with E-state index in [1.165, 1.54) is 0 Å². The third kappa shape index (κ3) is 2.47. The second-order valence-corrected chi connectivity index (χ2v) is 4.36. The molecular weight excluding hydrogens is 270 g/mol. The summed E-state index contributed by atoms with van der Waals surface area (Å²) in [4.78, 5) is 0. The van der Waals surface area contributed by atoms with Crippen LogP contribution < -0.4 is 5.32 Å². The first kappa shape index (κ1) is 11.3.